The van der Waals surface area contributed by atoms with E-state index in [9.17, 15) is 5.11 Å². The third kappa shape index (κ3) is 2.49. The van der Waals surface area contributed by atoms with Gasteiger partial charge in [0.05, 0.1) is 0 Å². The van der Waals surface area contributed by atoms with Crippen molar-refractivity contribution < 1.29 is 9.84 Å². The Balaban J connectivity index is 1.99. The van der Waals surface area contributed by atoms with Crippen LogP contribution in [-0.4, -0.2) is 23.4 Å². The van der Waals surface area contributed by atoms with Crippen LogP contribution in [0.4, 0.5) is 0 Å². The molecule has 0 aliphatic heterocycles. The van der Waals surface area contributed by atoms with Crippen molar-refractivity contribution in [1.29, 1.82) is 0 Å². The number of aliphatic hydroxyl groups is 1. The molecule has 1 aromatic carbocycles. The second-order valence-electron chi connectivity index (χ2n) is 4.05. The molecule has 0 radical (unpaired) electrons. The van der Waals surface area contributed by atoms with E-state index in [0.717, 1.165) is 25.0 Å². The minimum Gasteiger partial charge on any atom is -0.488 e. The molecular weight excluding hydrogens is 190 g/mol. The fourth-order valence-corrected chi connectivity index (χ4v) is 1.97. The van der Waals surface area contributed by atoms with E-state index in [-0.39, 0.29) is 12.1 Å². The van der Waals surface area contributed by atoms with Gasteiger partial charge in [0.25, 0.3) is 0 Å². The standard InChI is InChI=1S/C12H17NO2/c13-10-7-4-8-11(12(10)14)15-9-5-2-1-3-6-9/h1-3,5-6,10-12,14H,4,7-8,13H2/t10-,11+,12+/m0/s1. The second kappa shape index (κ2) is 4.64. The third-order valence-corrected chi connectivity index (χ3v) is 2.88. The van der Waals surface area contributed by atoms with Gasteiger partial charge >= 0.3 is 0 Å². The van der Waals surface area contributed by atoms with E-state index in [1.807, 2.05) is 30.3 Å². The Morgan fingerprint density at radius 1 is 1.20 bits per heavy atom. The van der Waals surface area contributed by atoms with Crippen LogP contribution in [0.1, 0.15) is 19.3 Å². The number of rotatable bonds is 2. The minimum absolute atomic E-state index is 0.146. The van der Waals surface area contributed by atoms with Crippen LogP contribution < -0.4 is 10.5 Å². The van der Waals surface area contributed by atoms with Crippen LogP contribution in [0.15, 0.2) is 30.3 Å². The van der Waals surface area contributed by atoms with E-state index in [2.05, 4.69) is 0 Å². The molecule has 1 aliphatic carbocycles. The Morgan fingerprint density at radius 3 is 2.67 bits per heavy atom. The summed E-state index contributed by atoms with van der Waals surface area (Å²) in [6.07, 6.45) is 2.09. The Kier molecular flexibility index (Phi) is 3.23. The maximum atomic E-state index is 9.85. The molecule has 0 unspecified atom stereocenters. The zero-order valence-electron chi connectivity index (χ0n) is 8.67. The summed E-state index contributed by atoms with van der Waals surface area (Å²) in [7, 11) is 0. The number of hydrogen-bond donors (Lipinski definition) is 2. The number of para-hydroxylation sites is 1. The average Bonchev–Trinajstić information content (AvgIpc) is 2.26. The fourth-order valence-electron chi connectivity index (χ4n) is 1.97. The smallest absolute Gasteiger partial charge is 0.126 e. The van der Waals surface area contributed by atoms with Gasteiger partial charge < -0.3 is 15.6 Å². The number of nitrogens with two attached hydrogens (primary N) is 1. The van der Waals surface area contributed by atoms with Crippen LogP contribution in [0, 0.1) is 0 Å². The van der Waals surface area contributed by atoms with Gasteiger partial charge in [0.2, 0.25) is 0 Å². The Hall–Kier alpha value is -1.06. The van der Waals surface area contributed by atoms with Crippen molar-refractivity contribution in [1.82, 2.24) is 0 Å². The summed E-state index contributed by atoms with van der Waals surface area (Å²) in [6.45, 7) is 0. The predicted octanol–water partition coefficient (Wildman–Crippen LogP) is 1.31. The van der Waals surface area contributed by atoms with Crippen molar-refractivity contribution in [3.8, 4) is 5.75 Å². The quantitative estimate of drug-likeness (QED) is 0.768. The van der Waals surface area contributed by atoms with Gasteiger partial charge in [-0.2, -0.15) is 0 Å². The van der Waals surface area contributed by atoms with E-state index in [0.29, 0.717) is 0 Å². The first-order chi connectivity index (χ1) is 7.27. The summed E-state index contributed by atoms with van der Waals surface area (Å²) in [4.78, 5) is 0. The van der Waals surface area contributed by atoms with Gasteiger partial charge in [-0.15, -0.1) is 0 Å². The molecule has 2 rings (SSSR count). The average molecular weight is 207 g/mol. The summed E-state index contributed by atoms with van der Waals surface area (Å²) >= 11 is 0. The lowest BCUT2D eigenvalue weighted by Gasteiger charge is -2.32. The van der Waals surface area contributed by atoms with Gasteiger partial charge in [-0.05, 0) is 31.4 Å². The van der Waals surface area contributed by atoms with Gasteiger partial charge in [0.1, 0.15) is 18.0 Å². The van der Waals surface area contributed by atoms with Crippen molar-refractivity contribution in [3.05, 3.63) is 30.3 Å². The number of aliphatic hydroxyl groups excluding tert-OH is 1. The van der Waals surface area contributed by atoms with Crippen LogP contribution >= 0.6 is 0 Å². The Labute approximate surface area is 89.9 Å². The highest BCUT2D eigenvalue weighted by Gasteiger charge is 2.30. The molecular formula is C12H17NO2. The topological polar surface area (TPSA) is 55.5 Å². The van der Waals surface area contributed by atoms with Crippen molar-refractivity contribution in [2.75, 3.05) is 0 Å². The zero-order chi connectivity index (χ0) is 10.7. The fraction of sp³-hybridized carbons (Fsp3) is 0.500. The zero-order valence-corrected chi connectivity index (χ0v) is 8.67. The van der Waals surface area contributed by atoms with E-state index < -0.39 is 6.10 Å². The first kappa shape index (κ1) is 10.5. The van der Waals surface area contributed by atoms with Crippen molar-refractivity contribution in [2.45, 2.75) is 37.5 Å². The van der Waals surface area contributed by atoms with E-state index in [4.69, 9.17) is 10.5 Å². The van der Waals surface area contributed by atoms with Crippen molar-refractivity contribution in [2.24, 2.45) is 5.73 Å². The van der Waals surface area contributed by atoms with Crippen molar-refractivity contribution in [3.63, 3.8) is 0 Å². The van der Waals surface area contributed by atoms with Crippen LogP contribution in [0.2, 0.25) is 0 Å². The summed E-state index contributed by atoms with van der Waals surface area (Å²) < 4.78 is 5.71. The lowest BCUT2D eigenvalue weighted by molar-refractivity contribution is -0.00585. The summed E-state index contributed by atoms with van der Waals surface area (Å²) in [5, 5.41) is 9.85. The minimum atomic E-state index is -0.543. The second-order valence-corrected chi connectivity index (χ2v) is 4.05. The molecule has 0 saturated heterocycles. The first-order valence-electron chi connectivity index (χ1n) is 5.43. The van der Waals surface area contributed by atoms with E-state index in [1.54, 1.807) is 0 Å². The van der Waals surface area contributed by atoms with E-state index in [1.165, 1.54) is 0 Å². The lowest BCUT2D eigenvalue weighted by Crippen LogP contribution is -2.48. The molecule has 3 N–H and O–H groups in total. The highest BCUT2D eigenvalue weighted by molar-refractivity contribution is 5.21. The molecule has 0 spiro atoms. The van der Waals surface area contributed by atoms with Crippen LogP contribution in [0.5, 0.6) is 5.75 Å². The molecule has 3 nitrogen and oxygen atoms in total. The van der Waals surface area contributed by atoms with Crippen LogP contribution in [0.25, 0.3) is 0 Å². The van der Waals surface area contributed by atoms with Gasteiger partial charge in [0.15, 0.2) is 0 Å². The molecule has 0 heterocycles. The summed E-state index contributed by atoms with van der Waals surface area (Å²) in [6, 6.07) is 9.43. The molecule has 1 saturated carbocycles. The SMILES string of the molecule is N[C@H]1CCC[C@@H](Oc2ccccc2)[C@@H]1O. The Morgan fingerprint density at radius 2 is 1.93 bits per heavy atom. The van der Waals surface area contributed by atoms with Crippen LogP contribution in [-0.2, 0) is 0 Å². The number of ether oxygens (including phenoxy) is 1. The number of hydrogen-bond acceptors (Lipinski definition) is 3. The van der Waals surface area contributed by atoms with E-state index >= 15 is 0 Å². The molecule has 82 valence electrons. The molecule has 1 aromatic rings. The maximum absolute atomic E-state index is 9.85. The van der Waals surface area contributed by atoms with Gasteiger partial charge in [-0.3, -0.25) is 0 Å². The van der Waals surface area contributed by atoms with Gasteiger partial charge in [0, 0.05) is 6.04 Å². The molecule has 3 atom stereocenters. The van der Waals surface area contributed by atoms with Crippen LogP contribution in [0.3, 0.4) is 0 Å². The first-order valence-corrected chi connectivity index (χ1v) is 5.43. The Bertz CT molecular complexity index is 302. The van der Waals surface area contributed by atoms with Gasteiger partial charge in [-0.25, -0.2) is 0 Å². The normalized spacial score (nSPS) is 31.2. The summed E-state index contributed by atoms with van der Waals surface area (Å²) in [5.41, 5.74) is 5.79. The third-order valence-electron chi connectivity index (χ3n) is 2.88. The molecule has 0 bridgehead atoms. The molecule has 0 aromatic heterocycles. The molecule has 1 aliphatic rings. The monoisotopic (exact) mass is 207 g/mol. The predicted molar refractivity (Wildman–Crippen MR) is 58.7 cm³/mol. The highest BCUT2D eigenvalue weighted by atomic mass is 16.5. The van der Waals surface area contributed by atoms with Crippen molar-refractivity contribution >= 4 is 0 Å². The van der Waals surface area contributed by atoms with Gasteiger partial charge in [-0.1, -0.05) is 18.2 Å². The maximum Gasteiger partial charge on any atom is 0.126 e. The highest BCUT2D eigenvalue weighted by Crippen LogP contribution is 2.23. The molecule has 1 fully saturated rings. The molecule has 15 heavy (non-hydrogen) atoms. The lowest BCUT2D eigenvalue weighted by atomic mass is 9.90. The molecule has 3 heteroatoms. The largest absolute Gasteiger partial charge is 0.488 e. The number of benzene rings is 1. The molecule has 0 amide bonds. The summed E-state index contributed by atoms with van der Waals surface area (Å²) in [5.74, 6) is 0.802.